The van der Waals surface area contributed by atoms with E-state index in [4.69, 9.17) is 0 Å². The van der Waals surface area contributed by atoms with E-state index in [0.29, 0.717) is 11.5 Å². The quantitative estimate of drug-likeness (QED) is 0.848. The van der Waals surface area contributed by atoms with Gasteiger partial charge in [0.25, 0.3) is 5.91 Å². The van der Waals surface area contributed by atoms with Crippen molar-refractivity contribution in [3.63, 3.8) is 0 Å². The standard InChI is InChI=1S/C16H19BrN4O/c1-4-11(3)20-15(22)12-8-18-16(19-9-12)21-14-6-5-10(2)7-13(14)17/h5-9,11H,4H2,1-3H3,(H,20,22)(H,18,19,21). The number of rotatable bonds is 5. The van der Waals surface area contributed by atoms with Gasteiger partial charge in [-0.2, -0.15) is 0 Å². The monoisotopic (exact) mass is 362 g/mol. The lowest BCUT2D eigenvalue weighted by Crippen LogP contribution is -2.32. The molecule has 0 aliphatic carbocycles. The van der Waals surface area contributed by atoms with Crippen molar-refractivity contribution in [2.24, 2.45) is 0 Å². The van der Waals surface area contributed by atoms with Crippen molar-refractivity contribution in [1.82, 2.24) is 15.3 Å². The number of benzene rings is 1. The van der Waals surface area contributed by atoms with Crippen molar-refractivity contribution in [1.29, 1.82) is 0 Å². The van der Waals surface area contributed by atoms with Crippen molar-refractivity contribution < 1.29 is 4.79 Å². The Balaban J connectivity index is 2.07. The number of nitrogens with zero attached hydrogens (tertiary/aromatic N) is 2. The second-order valence-electron chi connectivity index (χ2n) is 5.19. The van der Waals surface area contributed by atoms with Crippen molar-refractivity contribution in [2.45, 2.75) is 33.2 Å². The maximum absolute atomic E-state index is 12.0. The Kier molecular flexibility index (Phi) is 5.49. The normalized spacial score (nSPS) is 11.8. The van der Waals surface area contributed by atoms with Crippen LogP contribution < -0.4 is 10.6 Å². The van der Waals surface area contributed by atoms with Gasteiger partial charge in [-0.05, 0) is 53.9 Å². The van der Waals surface area contributed by atoms with Gasteiger partial charge >= 0.3 is 0 Å². The molecule has 5 nitrogen and oxygen atoms in total. The summed E-state index contributed by atoms with van der Waals surface area (Å²) in [5, 5.41) is 6.00. The number of anilines is 2. The second kappa shape index (κ2) is 7.35. The minimum Gasteiger partial charge on any atom is -0.350 e. The Hall–Kier alpha value is -1.95. The molecule has 0 aliphatic heterocycles. The van der Waals surface area contributed by atoms with Crippen LogP contribution in [0, 0.1) is 6.92 Å². The molecule has 0 radical (unpaired) electrons. The summed E-state index contributed by atoms with van der Waals surface area (Å²) in [4.78, 5) is 20.3. The van der Waals surface area contributed by atoms with Crippen LogP contribution in [0.3, 0.4) is 0 Å². The number of halogens is 1. The molecule has 1 aromatic heterocycles. The summed E-state index contributed by atoms with van der Waals surface area (Å²) in [6.07, 6.45) is 3.93. The lowest BCUT2D eigenvalue weighted by atomic mass is 10.2. The molecule has 0 aliphatic rings. The lowest BCUT2D eigenvalue weighted by Gasteiger charge is -2.11. The summed E-state index contributed by atoms with van der Waals surface area (Å²) in [6, 6.07) is 6.10. The molecule has 1 aromatic carbocycles. The highest BCUT2D eigenvalue weighted by atomic mass is 79.9. The van der Waals surface area contributed by atoms with E-state index in [9.17, 15) is 4.79 Å². The van der Waals surface area contributed by atoms with Crippen LogP contribution in [0.15, 0.2) is 35.1 Å². The Bertz CT molecular complexity index is 658. The molecule has 1 unspecified atom stereocenters. The number of aryl methyl sites for hydroxylation is 1. The highest BCUT2D eigenvalue weighted by Crippen LogP contribution is 2.25. The van der Waals surface area contributed by atoms with Gasteiger partial charge in [-0.3, -0.25) is 4.79 Å². The van der Waals surface area contributed by atoms with Gasteiger partial charge in [0.1, 0.15) is 0 Å². The van der Waals surface area contributed by atoms with Gasteiger partial charge < -0.3 is 10.6 Å². The molecule has 1 heterocycles. The topological polar surface area (TPSA) is 66.9 Å². The molecule has 0 spiro atoms. The Morgan fingerprint density at radius 3 is 2.59 bits per heavy atom. The Labute approximate surface area is 138 Å². The Morgan fingerprint density at radius 2 is 2.00 bits per heavy atom. The van der Waals surface area contributed by atoms with Gasteiger partial charge in [0.05, 0.1) is 11.3 Å². The maximum Gasteiger partial charge on any atom is 0.254 e. The molecular formula is C16H19BrN4O. The van der Waals surface area contributed by atoms with E-state index in [2.05, 4.69) is 36.5 Å². The summed E-state index contributed by atoms with van der Waals surface area (Å²) in [5.74, 6) is 0.294. The van der Waals surface area contributed by atoms with Gasteiger partial charge in [-0.15, -0.1) is 0 Å². The fraction of sp³-hybridized carbons (Fsp3) is 0.312. The average molecular weight is 363 g/mol. The molecule has 22 heavy (non-hydrogen) atoms. The second-order valence-corrected chi connectivity index (χ2v) is 6.04. The molecule has 1 atom stereocenters. The van der Waals surface area contributed by atoms with Crippen molar-refractivity contribution in [2.75, 3.05) is 5.32 Å². The van der Waals surface area contributed by atoms with Gasteiger partial charge in [-0.1, -0.05) is 13.0 Å². The highest BCUT2D eigenvalue weighted by Gasteiger charge is 2.10. The first-order valence-electron chi connectivity index (χ1n) is 7.15. The summed E-state index contributed by atoms with van der Waals surface area (Å²) >= 11 is 3.50. The Morgan fingerprint density at radius 1 is 1.32 bits per heavy atom. The number of aromatic nitrogens is 2. The average Bonchev–Trinajstić information content (AvgIpc) is 2.50. The third kappa shape index (κ3) is 4.27. The third-order valence-electron chi connectivity index (χ3n) is 3.27. The number of carbonyl (C=O) groups excluding carboxylic acids is 1. The molecule has 2 aromatic rings. The molecular weight excluding hydrogens is 344 g/mol. The minimum atomic E-state index is -0.155. The van der Waals surface area contributed by atoms with Crippen LogP contribution in [0.1, 0.15) is 36.2 Å². The van der Waals surface area contributed by atoms with E-state index in [1.165, 1.54) is 12.4 Å². The molecule has 0 bridgehead atoms. The predicted octanol–water partition coefficient (Wildman–Crippen LogP) is 3.82. The first kappa shape index (κ1) is 16.4. The van der Waals surface area contributed by atoms with Crippen molar-refractivity contribution in [3.05, 3.63) is 46.2 Å². The number of nitrogens with one attached hydrogen (secondary N) is 2. The van der Waals surface area contributed by atoms with E-state index in [0.717, 1.165) is 22.1 Å². The molecule has 6 heteroatoms. The highest BCUT2D eigenvalue weighted by molar-refractivity contribution is 9.10. The maximum atomic E-state index is 12.0. The summed E-state index contributed by atoms with van der Waals surface area (Å²) in [6.45, 7) is 6.01. The fourth-order valence-electron chi connectivity index (χ4n) is 1.76. The molecule has 116 valence electrons. The first-order valence-corrected chi connectivity index (χ1v) is 7.95. The predicted molar refractivity (Wildman–Crippen MR) is 91.4 cm³/mol. The smallest absolute Gasteiger partial charge is 0.254 e. The van der Waals surface area contributed by atoms with Gasteiger partial charge in [-0.25, -0.2) is 9.97 Å². The van der Waals surface area contributed by atoms with Crippen LogP contribution in [0.4, 0.5) is 11.6 Å². The van der Waals surface area contributed by atoms with Gasteiger partial charge in [0.15, 0.2) is 0 Å². The fourth-order valence-corrected chi connectivity index (χ4v) is 2.35. The molecule has 0 fully saturated rings. The van der Waals surface area contributed by atoms with Crippen LogP contribution in [0.2, 0.25) is 0 Å². The SMILES string of the molecule is CCC(C)NC(=O)c1cnc(Nc2ccc(C)cc2Br)nc1. The molecule has 0 saturated heterocycles. The molecule has 2 N–H and O–H groups in total. The van der Waals surface area contributed by atoms with Crippen LogP contribution in [-0.2, 0) is 0 Å². The van der Waals surface area contributed by atoms with E-state index in [1.807, 2.05) is 39.0 Å². The first-order chi connectivity index (χ1) is 10.5. The molecule has 2 rings (SSSR count). The molecule has 1 amide bonds. The van der Waals surface area contributed by atoms with E-state index >= 15 is 0 Å². The van der Waals surface area contributed by atoms with Crippen molar-refractivity contribution >= 4 is 33.5 Å². The lowest BCUT2D eigenvalue weighted by molar-refractivity contribution is 0.0938. The third-order valence-corrected chi connectivity index (χ3v) is 3.93. The van der Waals surface area contributed by atoms with Crippen LogP contribution >= 0.6 is 15.9 Å². The largest absolute Gasteiger partial charge is 0.350 e. The summed E-state index contributed by atoms with van der Waals surface area (Å²) < 4.78 is 0.940. The van der Waals surface area contributed by atoms with E-state index in [-0.39, 0.29) is 11.9 Å². The van der Waals surface area contributed by atoms with Gasteiger partial charge in [0.2, 0.25) is 5.95 Å². The van der Waals surface area contributed by atoms with Crippen LogP contribution in [-0.4, -0.2) is 21.9 Å². The van der Waals surface area contributed by atoms with Crippen molar-refractivity contribution in [3.8, 4) is 0 Å². The zero-order chi connectivity index (χ0) is 16.1. The van der Waals surface area contributed by atoms with Gasteiger partial charge in [0, 0.05) is 22.9 Å². The summed E-state index contributed by atoms with van der Waals surface area (Å²) in [5.41, 5.74) is 2.49. The number of carbonyl (C=O) groups is 1. The minimum absolute atomic E-state index is 0.133. The number of hydrogen-bond acceptors (Lipinski definition) is 4. The molecule has 0 saturated carbocycles. The van der Waals surface area contributed by atoms with Crippen LogP contribution in [0.25, 0.3) is 0 Å². The van der Waals surface area contributed by atoms with E-state index in [1.54, 1.807) is 0 Å². The number of amides is 1. The zero-order valence-electron chi connectivity index (χ0n) is 12.9. The van der Waals surface area contributed by atoms with E-state index < -0.39 is 0 Å². The zero-order valence-corrected chi connectivity index (χ0v) is 14.4. The summed E-state index contributed by atoms with van der Waals surface area (Å²) in [7, 11) is 0. The number of hydrogen-bond donors (Lipinski definition) is 2. The van der Waals surface area contributed by atoms with Crippen LogP contribution in [0.5, 0.6) is 0 Å².